The van der Waals surface area contributed by atoms with Crippen molar-refractivity contribution in [2.24, 2.45) is 0 Å². The third-order valence-electron chi connectivity index (χ3n) is 3.80. The number of ketones is 1. The maximum atomic E-state index is 12.6. The van der Waals surface area contributed by atoms with Crippen LogP contribution < -0.4 is 5.32 Å². The largest absolute Gasteiger partial charge is 0.451 e. The van der Waals surface area contributed by atoms with Crippen molar-refractivity contribution < 1.29 is 9.21 Å². The van der Waals surface area contributed by atoms with Crippen LogP contribution in [0.2, 0.25) is 5.02 Å². The van der Waals surface area contributed by atoms with Crippen molar-refractivity contribution >= 4 is 34.0 Å². The van der Waals surface area contributed by atoms with Gasteiger partial charge in [-0.2, -0.15) is 0 Å². The number of halogens is 1. The van der Waals surface area contributed by atoms with E-state index in [4.69, 9.17) is 16.0 Å². The van der Waals surface area contributed by atoms with Crippen LogP contribution in [-0.4, -0.2) is 12.3 Å². The Bertz CT molecular complexity index is 866. The van der Waals surface area contributed by atoms with Gasteiger partial charge in [0.05, 0.1) is 5.02 Å². The Kier molecular flexibility index (Phi) is 2.76. The van der Waals surface area contributed by atoms with Crippen molar-refractivity contribution in [3.8, 4) is 0 Å². The number of rotatable bonds is 2. The molecule has 0 radical (unpaired) electrons. The summed E-state index contributed by atoms with van der Waals surface area (Å²) in [5, 5.41) is 4.63. The monoisotopic (exact) mass is 297 g/mol. The summed E-state index contributed by atoms with van der Waals surface area (Å²) in [6, 6.07) is 12.9. The minimum Gasteiger partial charge on any atom is -0.451 e. The molecule has 0 saturated heterocycles. The van der Waals surface area contributed by atoms with E-state index < -0.39 is 0 Å². The maximum absolute atomic E-state index is 12.6. The SMILES string of the molecule is O=C(c1ccc2c(c1)NCC2)c1cc2cccc(Cl)c2o1. The number of benzene rings is 2. The molecule has 0 spiro atoms. The van der Waals surface area contributed by atoms with E-state index in [-0.39, 0.29) is 5.78 Å². The molecule has 1 aromatic heterocycles. The van der Waals surface area contributed by atoms with Gasteiger partial charge in [-0.1, -0.05) is 35.9 Å². The molecule has 0 fully saturated rings. The molecule has 21 heavy (non-hydrogen) atoms. The Morgan fingerprint density at radius 2 is 2.10 bits per heavy atom. The molecule has 0 unspecified atom stereocenters. The molecule has 0 bridgehead atoms. The van der Waals surface area contributed by atoms with Crippen molar-refractivity contribution in [1.82, 2.24) is 0 Å². The predicted octanol–water partition coefficient (Wildman–Crippen LogP) is 4.29. The molecule has 0 amide bonds. The first-order valence-corrected chi connectivity index (χ1v) is 7.20. The van der Waals surface area contributed by atoms with Crippen LogP contribution in [0.4, 0.5) is 5.69 Å². The Morgan fingerprint density at radius 1 is 1.19 bits per heavy atom. The van der Waals surface area contributed by atoms with Crippen molar-refractivity contribution in [2.75, 3.05) is 11.9 Å². The topological polar surface area (TPSA) is 42.2 Å². The van der Waals surface area contributed by atoms with Crippen LogP contribution in [0, 0.1) is 0 Å². The molecule has 3 aromatic rings. The van der Waals surface area contributed by atoms with E-state index >= 15 is 0 Å². The number of nitrogens with one attached hydrogen (secondary N) is 1. The summed E-state index contributed by atoms with van der Waals surface area (Å²) in [6.45, 7) is 0.924. The van der Waals surface area contributed by atoms with E-state index in [0.717, 1.165) is 24.0 Å². The second kappa shape index (κ2) is 4.64. The Hall–Kier alpha value is -2.26. The first kappa shape index (κ1) is 12.5. The van der Waals surface area contributed by atoms with Gasteiger partial charge in [0.2, 0.25) is 5.78 Å². The number of para-hydroxylation sites is 1. The quantitative estimate of drug-likeness (QED) is 0.718. The van der Waals surface area contributed by atoms with E-state index in [1.54, 1.807) is 12.1 Å². The van der Waals surface area contributed by atoms with Crippen LogP contribution >= 0.6 is 11.6 Å². The Labute approximate surface area is 126 Å². The molecule has 1 aliphatic rings. The molecule has 3 nitrogen and oxygen atoms in total. The average Bonchev–Trinajstić information content (AvgIpc) is 3.12. The average molecular weight is 298 g/mol. The molecule has 0 aliphatic carbocycles. The summed E-state index contributed by atoms with van der Waals surface area (Å²) in [5.41, 5.74) is 3.47. The Morgan fingerprint density at radius 3 is 2.95 bits per heavy atom. The molecule has 0 atom stereocenters. The van der Waals surface area contributed by atoms with Gasteiger partial charge >= 0.3 is 0 Å². The standard InChI is InChI=1S/C17H12ClNO2/c18-13-3-1-2-12-9-15(21-17(12)13)16(20)11-5-4-10-6-7-19-14(10)8-11/h1-5,8-9,19H,6-7H2. The highest BCUT2D eigenvalue weighted by Gasteiger charge is 2.18. The van der Waals surface area contributed by atoms with E-state index in [2.05, 4.69) is 5.32 Å². The molecule has 2 heterocycles. The van der Waals surface area contributed by atoms with Gasteiger partial charge in [-0.3, -0.25) is 4.79 Å². The van der Waals surface area contributed by atoms with E-state index in [1.807, 2.05) is 30.3 Å². The van der Waals surface area contributed by atoms with Gasteiger partial charge in [0.15, 0.2) is 11.3 Å². The second-order valence-electron chi connectivity index (χ2n) is 5.15. The Balaban J connectivity index is 1.77. The summed E-state index contributed by atoms with van der Waals surface area (Å²) in [6.07, 6.45) is 1.00. The van der Waals surface area contributed by atoms with Crippen molar-refractivity contribution in [1.29, 1.82) is 0 Å². The first-order valence-electron chi connectivity index (χ1n) is 6.82. The molecule has 2 aromatic carbocycles. The molecule has 0 saturated carbocycles. The van der Waals surface area contributed by atoms with Gasteiger partial charge in [0, 0.05) is 23.2 Å². The molecule has 4 rings (SSSR count). The lowest BCUT2D eigenvalue weighted by Gasteiger charge is -2.02. The van der Waals surface area contributed by atoms with Crippen LogP contribution in [0.5, 0.6) is 0 Å². The van der Waals surface area contributed by atoms with Crippen LogP contribution in [0.1, 0.15) is 21.7 Å². The third-order valence-corrected chi connectivity index (χ3v) is 4.10. The molecule has 104 valence electrons. The molecular formula is C17H12ClNO2. The van der Waals surface area contributed by atoms with Crippen LogP contribution in [0.25, 0.3) is 11.0 Å². The normalized spacial score (nSPS) is 13.2. The van der Waals surface area contributed by atoms with Gasteiger partial charge in [-0.25, -0.2) is 0 Å². The summed E-state index contributed by atoms with van der Waals surface area (Å²) in [5.74, 6) is 0.190. The number of anilines is 1. The molecule has 1 N–H and O–H groups in total. The van der Waals surface area contributed by atoms with Gasteiger partial charge in [0.1, 0.15) is 0 Å². The van der Waals surface area contributed by atoms with Crippen LogP contribution in [0.3, 0.4) is 0 Å². The lowest BCUT2D eigenvalue weighted by molar-refractivity contribution is 0.101. The summed E-state index contributed by atoms with van der Waals surface area (Å²) < 4.78 is 5.63. The molecule has 4 heteroatoms. The molecule has 1 aliphatic heterocycles. The van der Waals surface area contributed by atoms with E-state index in [1.165, 1.54) is 5.56 Å². The van der Waals surface area contributed by atoms with E-state index in [9.17, 15) is 4.79 Å². The summed E-state index contributed by atoms with van der Waals surface area (Å²) in [4.78, 5) is 12.6. The van der Waals surface area contributed by atoms with Gasteiger partial charge in [-0.05, 0) is 30.2 Å². The van der Waals surface area contributed by atoms with Crippen molar-refractivity contribution in [3.63, 3.8) is 0 Å². The zero-order valence-electron chi connectivity index (χ0n) is 11.2. The summed E-state index contributed by atoms with van der Waals surface area (Å²) >= 11 is 6.08. The van der Waals surface area contributed by atoms with Crippen LogP contribution in [0.15, 0.2) is 46.9 Å². The third kappa shape index (κ3) is 2.01. The highest BCUT2D eigenvalue weighted by atomic mass is 35.5. The maximum Gasteiger partial charge on any atom is 0.228 e. The zero-order valence-corrected chi connectivity index (χ0v) is 11.9. The number of fused-ring (bicyclic) bond motifs is 2. The van der Waals surface area contributed by atoms with Gasteiger partial charge in [0.25, 0.3) is 0 Å². The zero-order chi connectivity index (χ0) is 14.4. The van der Waals surface area contributed by atoms with Crippen molar-refractivity contribution in [2.45, 2.75) is 6.42 Å². The highest BCUT2D eigenvalue weighted by Crippen LogP contribution is 2.29. The van der Waals surface area contributed by atoms with Gasteiger partial charge < -0.3 is 9.73 Å². The van der Waals surface area contributed by atoms with Crippen molar-refractivity contribution in [3.05, 3.63) is 64.4 Å². The second-order valence-corrected chi connectivity index (χ2v) is 5.55. The summed E-state index contributed by atoms with van der Waals surface area (Å²) in [7, 11) is 0. The lowest BCUT2D eigenvalue weighted by atomic mass is 10.0. The predicted molar refractivity (Wildman–Crippen MR) is 83.3 cm³/mol. The first-order chi connectivity index (χ1) is 10.2. The fourth-order valence-electron chi connectivity index (χ4n) is 2.71. The lowest BCUT2D eigenvalue weighted by Crippen LogP contribution is -2.00. The number of hydrogen-bond acceptors (Lipinski definition) is 3. The van der Waals surface area contributed by atoms with Crippen LogP contribution in [-0.2, 0) is 6.42 Å². The number of hydrogen-bond donors (Lipinski definition) is 1. The minimum atomic E-state index is -0.126. The number of carbonyl (C=O) groups excluding carboxylic acids is 1. The number of furan rings is 1. The number of carbonyl (C=O) groups is 1. The van der Waals surface area contributed by atoms with E-state index in [0.29, 0.717) is 21.9 Å². The minimum absolute atomic E-state index is 0.126. The smallest absolute Gasteiger partial charge is 0.228 e. The highest BCUT2D eigenvalue weighted by molar-refractivity contribution is 6.35. The molecular weight excluding hydrogens is 286 g/mol. The fourth-order valence-corrected chi connectivity index (χ4v) is 2.93. The fraction of sp³-hybridized carbons (Fsp3) is 0.118. The van der Waals surface area contributed by atoms with Gasteiger partial charge in [-0.15, -0.1) is 0 Å².